The number of carbonyl (C=O) groups excluding carboxylic acids is 2. The van der Waals surface area contributed by atoms with Crippen molar-refractivity contribution in [1.29, 1.82) is 0 Å². The van der Waals surface area contributed by atoms with Crippen LogP contribution in [0.4, 0.5) is 5.82 Å². The van der Waals surface area contributed by atoms with Gasteiger partial charge in [0.1, 0.15) is 11.9 Å². The Balaban J connectivity index is 1.69. The van der Waals surface area contributed by atoms with Crippen LogP contribution in [0.15, 0.2) is 84.7 Å². The number of fused-ring (bicyclic) bond motifs is 1. The van der Waals surface area contributed by atoms with Crippen molar-refractivity contribution in [3.63, 3.8) is 0 Å². The van der Waals surface area contributed by atoms with E-state index >= 15 is 0 Å². The average Bonchev–Trinajstić information content (AvgIpc) is 2.79. The van der Waals surface area contributed by atoms with Crippen molar-refractivity contribution >= 4 is 23.1 Å². The van der Waals surface area contributed by atoms with Gasteiger partial charge in [0.2, 0.25) is 0 Å². The van der Waals surface area contributed by atoms with E-state index in [9.17, 15) is 9.59 Å². The maximum absolute atomic E-state index is 13.5. The number of hydrogen-bond acceptors (Lipinski definition) is 5. The first-order valence-corrected chi connectivity index (χ1v) is 10.1. The highest BCUT2D eigenvalue weighted by molar-refractivity contribution is 6.21. The summed E-state index contributed by atoms with van der Waals surface area (Å²) in [6.45, 7) is 3.97. The standard InChI is InChI=1S/C25H24N4O2/c1-17-23(25(31)27-24(18(2)30)19-10-4-3-5-11-19)21-13-7-6-12-20(21)16-29(17)28-22-14-8-9-15-26-22/h3-15,24H,16H2,1-2H3,(H,26,28)(H,27,31)/t24-/m1/s1. The second-order valence-corrected chi connectivity index (χ2v) is 7.46. The molecule has 6 heteroatoms. The van der Waals surface area contributed by atoms with E-state index < -0.39 is 6.04 Å². The average molecular weight is 412 g/mol. The molecule has 4 rings (SSSR count). The molecule has 0 aliphatic carbocycles. The van der Waals surface area contributed by atoms with Crippen molar-refractivity contribution in [2.45, 2.75) is 26.4 Å². The Morgan fingerprint density at radius 3 is 2.39 bits per heavy atom. The van der Waals surface area contributed by atoms with Crippen LogP contribution in [0.1, 0.15) is 36.6 Å². The number of carbonyl (C=O) groups is 2. The number of hydrogen-bond donors (Lipinski definition) is 2. The molecule has 0 fully saturated rings. The fourth-order valence-corrected chi connectivity index (χ4v) is 3.77. The molecule has 0 bridgehead atoms. The minimum absolute atomic E-state index is 0.120. The monoisotopic (exact) mass is 412 g/mol. The van der Waals surface area contributed by atoms with Crippen molar-refractivity contribution in [2.24, 2.45) is 0 Å². The van der Waals surface area contributed by atoms with E-state index in [2.05, 4.69) is 15.7 Å². The molecule has 1 aliphatic heterocycles. The lowest BCUT2D eigenvalue weighted by Crippen LogP contribution is -2.38. The fraction of sp³-hybridized carbons (Fsp3) is 0.160. The van der Waals surface area contributed by atoms with Gasteiger partial charge in [0, 0.05) is 11.9 Å². The molecule has 1 aliphatic rings. The Morgan fingerprint density at radius 2 is 1.68 bits per heavy atom. The number of nitrogens with zero attached hydrogens (tertiary/aromatic N) is 2. The molecule has 0 unspecified atom stereocenters. The van der Waals surface area contributed by atoms with E-state index in [-0.39, 0.29) is 11.7 Å². The lowest BCUT2D eigenvalue weighted by molar-refractivity contribution is -0.124. The molecule has 2 aromatic carbocycles. The Labute approximate surface area is 181 Å². The molecular weight excluding hydrogens is 388 g/mol. The molecule has 0 radical (unpaired) electrons. The molecule has 31 heavy (non-hydrogen) atoms. The maximum Gasteiger partial charge on any atom is 0.254 e. The summed E-state index contributed by atoms with van der Waals surface area (Å²) in [5, 5.41) is 4.85. The molecule has 6 nitrogen and oxygen atoms in total. The maximum atomic E-state index is 13.5. The number of ketones is 1. The van der Waals surface area contributed by atoms with Crippen LogP contribution in [-0.4, -0.2) is 21.7 Å². The summed E-state index contributed by atoms with van der Waals surface area (Å²) in [6, 6.07) is 22.0. The normalized spacial score (nSPS) is 13.9. The summed E-state index contributed by atoms with van der Waals surface area (Å²) in [4.78, 5) is 30.1. The van der Waals surface area contributed by atoms with Crippen LogP contribution < -0.4 is 10.7 Å². The van der Waals surface area contributed by atoms with E-state index in [1.54, 1.807) is 6.20 Å². The highest BCUT2D eigenvalue weighted by atomic mass is 16.2. The summed E-state index contributed by atoms with van der Waals surface area (Å²) in [5.74, 6) is 0.277. The van der Waals surface area contributed by atoms with Gasteiger partial charge >= 0.3 is 0 Å². The van der Waals surface area contributed by atoms with Gasteiger partial charge in [0.05, 0.1) is 12.1 Å². The number of allylic oxidation sites excluding steroid dienone is 1. The number of aromatic nitrogens is 1. The second-order valence-electron chi connectivity index (χ2n) is 7.46. The fourth-order valence-electron chi connectivity index (χ4n) is 3.77. The van der Waals surface area contributed by atoms with Gasteiger partial charge < -0.3 is 5.32 Å². The van der Waals surface area contributed by atoms with E-state index in [1.807, 2.05) is 84.7 Å². The molecule has 0 saturated carbocycles. The van der Waals surface area contributed by atoms with Gasteiger partial charge in [-0.15, -0.1) is 0 Å². The zero-order chi connectivity index (χ0) is 21.8. The molecule has 1 atom stereocenters. The van der Waals surface area contributed by atoms with Gasteiger partial charge in [-0.1, -0.05) is 60.7 Å². The number of amides is 1. The first-order valence-electron chi connectivity index (χ1n) is 10.1. The first-order chi connectivity index (χ1) is 15.0. The number of anilines is 1. The van der Waals surface area contributed by atoms with Crippen molar-refractivity contribution < 1.29 is 9.59 Å². The van der Waals surface area contributed by atoms with Crippen LogP contribution in [-0.2, 0) is 16.1 Å². The molecule has 2 heterocycles. The van der Waals surface area contributed by atoms with Crippen molar-refractivity contribution in [1.82, 2.24) is 15.3 Å². The summed E-state index contributed by atoms with van der Waals surface area (Å²) >= 11 is 0. The van der Waals surface area contributed by atoms with Crippen molar-refractivity contribution in [3.05, 3.63) is 101 Å². The van der Waals surface area contributed by atoms with E-state index in [4.69, 9.17) is 0 Å². The van der Waals surface area contributed by atoms with Crippen LogP contribution in [0.5, 0.6) is 0 Å². The number of nitrogens with one attached hydrogen (secondary N) is 2. The topological polar surface area (TPSA) is 74.3 Å². The smallest absolute Gasteiger partial charge is 0.254 e. The van der Waals surface area contributed by atoms with Crippen molar-refractivity contribution in [2.75, 3.05) is 5.43 Å². The Bertz CT molecular complexity index is 1130. The zero-order valence-corrected chi connectivity index (χ0v) is 17.5. The van der Waals surface area contributed by atoms with Crippen LogP contribution in [0, 0.1) is 0 Å². The number of Topliss-reactive ketones (excluding diaryl/α,β-unsaturated/α-hetero) is 1. The third-order valence-corrected chi connectivity index (χ3v) is 5.34. The largest absolute Gasteiger partial charge is 0.338 e. The summed E-state index contributed by atoms with van der Waals surface area (Å²) in [7, 11) is 0. The quantitative estimate of drug-likeness (QED) is 0.638. The molecule has 1 aromatic heterocycles. The molecule has 3 aromatic rings. The Kier molecular flexibility index (Phi) is 5.80. The van der Waals surface area contributed by atoms with Gasteiger partial charge in [-0.3, -0.25) is 20.0 Å². The highest BCUT2D eigenvalue weighted by Crippen LogP contribution is 2.32. The molecule has 2 N–H and O–H groups in total. The molecule has 0 saturated heterocycles. The molecule has 1 amide bonds. The molecule has 156 valence electrons. The first kappa shape index (κ1) is 20.3. The minimum Gasteiger partial charge on any atom is -0.338 e. The number of pyridine rings is 1. The third-order valence-electron chi connectivity index (χ3n) is 5.34. The van der Waals surface area contributed by atoms with Gasteiger partial charge in [-0.2, -0.15) is 0 Å². The van der Waals surface area contributed by atoms with Crippen LogP contribution in [0.2, 0.25) is 0 Å². The van der Waals surface area contributed by atoms with Gasteiger partial charge in [-0.25, -0.2) is 4.98 Å². The van der Waals surface area contributed by atoms with E-state index in [0.717, 1.165) is 22.4 Å². The lowest BCUT2D eigenvalue weighted by Gasteiger charge is -2.34. The SMILES string of the molecule is CC(=O)[C@@H](NC(=O)C1=C(C)N(Nc2ccccn2)Cc2ccccc21)c1ccccc1. The van der Waals surface area contributed by atoms with Gasteiger partial charge in [0.15, 0.2) is 5.78 Å². The molecule has 0 spiro atoms. The third kappa shape index (κ3) is 4.33. The Hall–Kier alpha value is -3.93. The summed E-state index contributed by atoms with van der Waals surface area (Å²) in [6.07, 6.45) is 1.71. The predicted octanol–water partition coefficient (Wildman–Crippen LogP) is 4.10. The number of rotatable bonds is 6. The van der Waals surface area contributed by atoms with Crippen molar-refractivity contribution in [3.8, 4) is 0 Å². The zero-order valence-electron chi connectivity index (χ0n) is 17.5. The lowest BCUT2D eigenvalue weighted by atomic mass is 9.93. The van der Waals surface area contributed by atoms with Gasteiger partial charge in [-0.05, 0) is 42.7 Å². The van der Waals surface area contributed by atoms with Crippen LogP contribution in [0.3, 0.4) is 0 Å². The van der Waals surface area contributed by atoms with Crippen LogP contribution >= 0.6 is 0 Å². The minimum atomic E-state index is -0.708. The van der Waals surface area contributed by atoms with E-state index in [1.165, 1.54) is 6.92 Å². The number of benzene rings is 2. The number of hydrazine groups is 1. The highest BCUT2D eigenvalue weighted by Gasteiger charge is 2.29. The summed E-state index contributed by atoms with van der Waals surface area (Å²) < 4.78 is 0. The van der Waals surface area contributed by atoms with Crippen LogP contribution in [0.25, 0.3) is 5.57 Å². The predicted molar refractivity (Wildman–Crippen MR) is 120 cm³/mol. The molecular formula is C25H24N4O2. The Morgan fingerprint density at radius 1 is 0.968 bits per heavy atom. The summed E-state index contributed by atoms with van der Waals surface area (Å²) in [5.41, 5.74) is 7.22. The second kappa shape index (κ2) is 8.83. The van der Waals surface area contributed by atoms with Gasteiger partial charge in [0.25, 0.3) is 5.91 Å². The van der Waals surface area contributed by atoms with E-state index in [0.29, 0.717) is 17.9 Å².